The SMILES string of the molecule is COc1ccc(C2=N/C(=C\c3ccccc3C)C(=O)O2)cc1OC. The highest BCUT2D eigenvalue weighted by Gasteiger charge is 2.25. The molecule has 1 aliphatic rings. The average molecular weight is 323 g/mol. The maximum Gasteiger partial charge on any atom is 0.363 e. The van der Waals surface area contributed by atoms with Crippen LogP contribution in [0.1, 0.15) is 16.7 Å². The predicted octanol–water partition coefficient (Wildman–Crippen LogP) is 3.36. The number of hydrogen-bond donors (Lipinski definition) is 0. The van der Waals surface area contributed by atoms with E-state index >= 15 is 0 Å². The molecule has 0 aromatic heterocycles. The van der Waals surface area contributed by atoms with E-state index < -0.39 is 5.97 Å². The highest BCUT2D eigenvalue weighted by Crippen LogP contribution is 2.29. The van der Waals surface area contributed by atoms with Gasteiger partial charge in [0, 0.05) is 5.56 Å². The summed E-state index contributed by atoms with van der Waals surface area (Å²) in [7, 11) is 3.11. The summed E-state index contributed by atoms with van der Waals surface area (Å²) in [5.74, 6) is 0.927. The number of nitrogens with zero attached hydrogens (tertiary/aromatic N) is 1. The summed E-state index contributed by atoms with van der Waals surface area (Å²) in [6.45, 7) is 1.98. The van der Waals surface area contributed by atoms with Gasteiger partial charge in [0.25, 0.3) is 0 Å². The third-order valence-electron chi connectivity index (χ3n) is 3.73. The minimum absolute atomic E-state index is 0.251. The van der Waals surface area contributed by atoms with Gasteiger partial charge in [-0.25, -0.2) is 9.79 Å². The number of aliphatic imine (C=N–C) groups is 1. The van der Waals surface area contributed by atoms with E-state index in [1.54, 1.807) is 38.5 Å². The van der Waals surface area contributed by atoms with Gasteiger partial charge >= 0.3 is 5.97 Å². The Bertz CT molecular complexity index is 852. The lowest BCUT2D eigenvalue weighted by molar-refractivity contribution is -0.129. The van der Waals surface area contributed by atoms with Crippen LogP contribution in [0.5, 0.6) is 11.5 Å². The van der Waals surface area contributed by atoms with Crippen LogP contribution in [0, 0.1) is 6.92 Å². The fraction of sp³-hybridized carbons (Fsp3) is 0.158. The van der Waals surface area contributed by atoms with Crippen LogP contribution in [-0.4, -0.2) is 26.1 Å². The number of cyclic esters (lactones) is 1. The summed E-state index contributed by atoms with van der Waals surface area (Å²) < 4.78 is 15.8. The first-order valence-corrected chi connectivity index (χ1v) is 7.43. The van der Waals surface area contributed by atoms with Crippen LogP contribution in [0.3, 0.4) is 0 Å². The van der Waals surface area contributed by atoms with Crippen molar-refractivity contribution in [2.45, 2.75) is 6.92 Å². The molecule has 122 valence electrons. The molecule has 24 heavy (non-hydrogen) atoms. The number of hydrogen-bond acceptors (Lipinski definition) is 5. The van der Waals surface area contributed by atoms with E-state index in [1.807, 2.05) is 31.2 Å². The van der Waals surface area contributed by atoms with Crippen LogP contribution < -0.4 is 9.47 Å². The van der Waals surface area contributed by atoms with E-state index in [0.29, 0.717) is 17.1 Å². The second-order valence-corrected chi connectivity index (χ2v) is 5.26. The largest absolute Gasteiger partial charge is 0.493 e. The average Bonchev–Trinajstić information content (AvgIpc) is 2.97. The van der Waals surface area contributed by atoms with Gasteiger partial charge in [-0.3, -0.25) is 0 Å². The molecule has 0 saturated carbocycles. The Morgan fingerprint density at radius 2 is 1.79 bits per heavy atom. The maximum atomic E-state index is 12.1. The lowest BCUT2D eigenvalue weighted by Gasteiger charge is -2.08. The number of carbonyl (C=O) groups is 1. The van der Waals surface area contributed by atoms with Crippen LogP contribution in [0.25, 0.3) is 6.08 Å². The van der Waals surface area contributed by atoms with E-state index in [9.17, 15) is 4.79 Å². The molecule has 1 heterocycles. The molecule has 2 aromatic rings. The molecule has 0 fully saturated rings. The van der Waals surface area contributed by atoms with Gasteiger partial charge in [-0.05, 0) is 42.3 Å². The molecule has 5 heteroatoms. The van der Waals surface area contributed by atoms with Gasteiger partial charge in [-0.2, -0.15) is 0 Å². The Labute approximate surface area is 140 Å². The Kier molecular flexibility index (Phi) is 4.33. The molecule has 2 aromatic carbocycles. The smallest absolute Gasteiger partial charge is 0.363 e. The highest BCUT2D eigenvalue weighted by molar-refractivity contribution is 6.13. The van der Waals surface area contributed by atoms with Gasteiger partial charge in [-0.1, -0.05) is 24.3 Å². The molecule has 0 amide bonds. The molecular weight excluding hydrogens is 306 g/mol. The Balaban J connectivity index is 1.96. The van der Waals surface area contributed by atoms with Crippen molar-refractivity contribution in [2.24, 2.45) is 4.99 Å². The van der Waals surface area contributed by atoms with Crippen LogP contribution in [0.15, 0.2) is 53.2 Å². The molecular formula is C19H17NO4. The normalized spacial score (nSPS) is 15.2. The molecule has 0 spiro atoms. The summed E-state index contributed by atoms with van der Waals surface area (Å²) in [4.78, 5) is 16.4. The fourth-order valence-electron chi connectivity index (χ4n) is 2.40. The Morgan fingerprint density at radius 1 is 1.04 bits per heavy atom. The van der Waals surface area contributed by atoms with Crippen LogP contribution in [-0.2, 0) is 9.53 Å². The van der Waals surface area contributed by atoms with Gasteiger partial charge in [-0.15, -0.1) is 0 Å². The van der Waals surface area contributed by atoms with Crippen molar-refractivity contribution in [3.8, 4) is 11.5 Å². The zero-order valence-electron chi connectivity index (χ0n) is 13.7. The minimum atomic E-state index is -0.469. The first kappa shape index (κ1) is 15.8. The second kappa shape index (κ2) is 6.58. The number of methoxy groups -OCH3 is 2. The topological polar surface area (TPSA) is 57.1 Å². The lowest BCUT2D eigenvalue weighted by atomic mass is 10.1. The summed E-state index contributed by atoms with van der Waals surface area (Å²) in [6, 6.07) is 13.0. The van der Waals surface area contributed by atoms with Gasteiger partial charge in [0.1, 0.15) is 0 Å². The van der Waals surface area contributed by atoms with Crippen molar-refractivity contribution in [1.29, 1.82) is 0 Å². The van der Waals surface area contributed by atoms with Crippen LogP contribution in [0.2, 0.25) is 0 Å². The predicted molar refractivity (Wildman–Crippen MR) is 91.3 cm³/mol. The van der Waals surface area contributed by atoms with Gasteiger partial charge in [0.05, 0.1) is 14.2 Å². The first-order chi connectivity index (χ1) is 11.6. The van der Waals surface area contributed by atoms with Crippen molar-refractivity contribution in [3.05, 3.63) is 64.9 Å². The molecule has 0 N–H and O–H groups in total. The summed E-state index contributed by atoms with van der Waals surface area (Å²) in [5, 5.41) is 0. The maximum absolute atomic E-state index is 12.1. The quantitative estimate of drug-likeness (QED) is 0.639. The van der Waals surface area contributed by atoms with E-state index in [1.165, 1.54) is 0 Å². The number of ether oxygens (including phenoxy) is 3. The van der Waals surface area contributed by atoms with Gasteiger partial charge in [0.15, 0.2) is 17.2 Å². The van der Waals surface area contributed by atoms with E-state index in [0.717, 1.165) is 11.1 Å². The first-order valence-electron chi connectivity index (χ1n) is 7.43. The molecule has 0 aliphatic carbocycles. The van der Waals surface area contributed by atoms with E-state index in [2.05, 4.69) is 4.99 Å². The highest BCUT2D eigenvalue weighted by atomic mass is 16.6. The fourth-order valence-corrected chi connectivity index (χ4v) is 2.40. The molecule has 1 aliphatic heterocycles. The summed E-state index contributed by atoms with van der Waals surface area (Å²) in [5.41, 5.74) is 2.91. The van der Waals surface area contributed by atoms with Crippen molar-refractivity contribution in [1.82, 2.24) is 0 Å². The van der Waals surface area contributed by atoms with E-state index in [-0.39, 0.29) is 11.6 Å². The number of carbonyl (C=O) groups excluding carboxylic acids is 1. The zero-order valence-corrected chi connectivity index (χ0v) is 13.7. The molecule has 0 saturated heterocycles. The van der Waals surface area contributed by atoms with Gasteiger partial charge in [0.2, 0.25) is 5.90 Å². The molecule has 5 nitrogen and oxygen atoms in total. The molecule has 0 unspecified atom stereocenters. The lowest BCUT2D eigenvalue weighted by Crippen LogP contribution is -2.06. The number of esters is 1. The molecule has 0 atom stereocenters. The number of rotatable bonds is 4. The van der Waals surface area contributed by atoms with E-state index in [4.69, 9.17) is 14.2 Å². The van der Waals surface area contributed by atoms with Crippen molar-refractivity contribution >= 4 is 17.9 Å². The Morgan fingerprint density at radius 3 is 2.50 bits per heavy atom. The molecule has 0 bridgehead atoms. The summed E-state index contributed by atoms with van der Waals surface area (Å²) >= 11 is 0. The third-order valence-corrected chi connectivity index (χ3v) is 3.73. The van der Waals surface area contributed by atoms with Crippen LogP contribution in [0.4, 0.5) is 0 Å². The zero-order chi connectivity index (χ0) is 17.1. The van der Waals surface area contributed by atoms with Crippen LogP contribution >= 0.6 is 0 Å². The third kappa shape index (κ3) is 3.01. The number of benzene rings is 2. The standard InChI is InChI=1S/C19H17NO4/c1-12-6-4-5-7-13(12)10-15-19(21)24-18(20-15)14-8-9-16(22-2)17(11-14)23-3/h4-11H,1-3H3/b15-10-. The monoisotopic (exact) mass is 323 g/mol. The Hall–Kier alpha value is -3.08. The van der Waals surface area contributed by atoms with Crippen molar-refractivity contribution in [2.75, 3.05) is 14.2 Å². The van der Waals surface area contributed by atoms with Crippen molar-refractivity contribution in [3.63, 3.8) is 0 Å². The van der Waals surface area contributed by atoms with Crippen molar-refractivity contribution < 1.29 is 19.0 Å². The minimum Gasteiger partial charge on any atom is -0.493 e. The second-order valence-electron chi connectivity index (χ2n) is 5.26. The molecule has 3 rings (SSSR count). The van der Waals surface area contributed by atoms with Gasteiger partial charge < -0.3 is 14.2 Å². The molecule has 0 radical (unpaired) electrons. The summed E-state index contributed by atoms with van der Waals surface area (Å²) in [6.07, 6.45) is 1.73. The number of aryl methyl sites for hydroxylation is 1.